The summed E-state index contributed by atoms with van der Waals surface area (Å²) in [6, 6.07) is 11.3. The first-order chi connectivity index (χ1) is 13.1. The largest absolute Gasteiger partial charge is 0.497 e. The van der Waals surface area contributed by atoms with Crippen LogP contribution in [0, 0.1) is 5.41 Å². The minimum Gasteiger partial charge on any atom is -0.497 e. The van der Waals surface area contributed by atoms with Gasteiger partial charge in [0.15, 0.2) is 0 Å². The van der Waals surface area contributed by atoms with E-state index in [4.69, 9.17) is 4.74 Å². The predicted octanol–water partition coefficient (Wildman–Crippen LogP) is 2.36. The minimum atomic E-state index is -0.276. The smallest absolute Gasteiger partial charge is 0.253 e. The van der Waals surface area contributed by atoms with Crippen LogP contribution in [0.25, 0.3) is 0 Å². The molecule has 2 aromatic rings. The Bertz CT molecular complexity index is 828. The fourth-order valence-electron chi connectivity index (χ4n) is 4.01. The van der Waals surface area contributed by atoms with Gasteiger partial charge in [-0.1, -0.05) is 12.1 Å². The van der Waals surface area contributed by atoms with E-state index in [1.54, 1.807) is 31.6 Å². The third-order valence-corrected chi connectivity index (χ3v) is 5.70. The van der Waals surface area contributed by atoms with Crippen molar-refractivity contribution in [1.82, 2.24) is 14.8 Å². The van der Waals surface area contributed by atoms with Crippen molar-refractivity contribution >= 4 is 11.8 Å². The Kier molecular flexibility index (Phi) is 4.56. The van der Waals surface area contributed by atoms with Gasteiger partial charge in [0.05, 0.1) is 12.5 Å². The number of ether oxygens (including phenoxy) is 1. The first kappa shape index (κ1) is 17.5. The van der Waals surface area contributed by atoms with Crippen molar-refractivity contribution in [3.05, 3.63) is 59.9 Å². The molecule has 6 heteroatoms. The Morgan fingerprint density at radius 1 is 1.11 bits per heavy atom. The number of aromatic nitrogens is 1. The summed E-state index contributed by atoms with van der Waals surface area (Å²) in [4.78, 5) is 33.1. The van der Waals surface area contributed by atoms with Gasteiger partial charge in [0.25, 0.3) is 5.91 Å². The highest BCUT2D eigenvalue weighted by molar-refractivity contribution is 5.94. The Morgan fingerprint density at radius 3 is 2.37 bits per heavy atom. The molecule has 1 aromatic heterocycles. The lowest BCUT2D eigenvalue weighted by atomic mass is 9.71. The zero-order chi connectivity index (χ0) is 18.9. The van der Waals surface area contributed by atoms with Gasteiger partial charge in [0.1, 0.15) is 5.75 Å². The van der Waals surface area contributed by atoms with E-state index in [-0.39, 0.29) is 17.2 Å². The molecule has 6 nitrogen and oxygen atoms in total. The number of benzene rings is 1. The van der Waals surface area contributed by atoms with E-state index in [1.165, 1.54) is 0 Å². The number of nitrogens with zero attached hydrogens (tertiary/aromatic N) is 3. The molecule has 2 aliphatic rings. The topological polar surface area (TPSA) is 62.7 Å². The average Bonchev–Trinajstić information content (AvgIpc) is 2.74. The number of amides is 2. The molecular formula is C21H23N3O3. The van der Waals surface area contributed by atoms with Crippen molar-refractivity contribution in [1.29, 1.82) is 0 Å². The SMILES string of the molecule is COc1ccc(CN2CC3(CCN(C(=O)c4ccncc4)CC3)C2=O)cc1. The van der Waals surface area contributed by atoms with Gasteiger partial charge in [-0.3, -0.25) is 14.6 Å². The summed E-state index contributed by atoms with van der Waals surface area (Å²) in [5.41, 5.74) is 1.48. The van der Waals surface area contributed by atoms with Gasteiger partial charge in [0, 0.05) is 44.1 Å². The maximum absolute atomic E-state index is 12.8. The van der Waals surface area contributed by atoms with Crippen LogP contribution >= 0.6 is 0 Å². The molecule has 0 bridgehead atoms. The van der Waals surface area contributed by atoms with E-state index in [9.17, 15) is 9.59 Å². The van der Waals surface area contributed by atoms with Crippen molar-refractivity contribution in [2.45, 2.75) is 19.4 Å². The number of β-lactam (4-membered cyclic amide) rings is 1. The number of piperidine rings is 1. The Labute approximate surface area is 158 Å². The summed E-state index contributed by atoms with van der Waals surface area (Å²) in [5, 5.41) is 0. The van der Waals surface area contributed by atoms with Gasteiger partial charge in [0.2, 0.25) is 5.91 Å². The third-order valence-electron chi connectivity index (χ3n) is 5.70. The van der Waals surface area contributed by atoms with E-state index in [1.807, 2.05) is 34.1 Å². The lowest BCUT2D eigenvalue weighted by Gasteiger charge is -2.52. The molecule has 2 saturated heterocycles. The number of methoxy groups -OCH3 is 1. The van der Waals surface area contributed by atoms with Gasteiger partial charge in [-0.25, -0.2) is 0 Å². The minimum absolute atomic E-state index is 0.0223. The number of carbonyl (C=O) groups excluding carboxylic acids is 2. The molecule has 0 saturated carbocycles. The number of hydrogen-bond donors (Lipinski definition) is 0. The van der Waals surface area contributed by atoms with E-state index in [0.717, 1.165) is 30.7 Å². The zero-order valence-electron chi connectivity index (χ0n) is 15.4. The molecular weight excluding hydrogens is 342 g/mol. The molecule has 27 heavy (non-hydrogen) atoms. The number of likely N-dealkylation sites (tertiary alicyclic amines) is 2. The van der Waals surface area contributed by atoms with Crippen molar-refractivity contribution < 1.29 is 14.3 Å². The summed E-state index contributed by atoms with van der Waals surface area (Å²) in [6.07, 6.45) is 4.74. The van der Waals surface area contributed by atoms with Crippen LogP contribution in [0.3, 0.4) is 0 Å². The molecule has 0 atom stereocenters. The fraction of sp³-hybridized carbons (Fsp3) is 0.381. The van der Waals surface area contributed by atoms with Gasteiger partial charge < -0.3 is 14.5 Å². The van der Waals surface area contributed by atoms with Crippen LogP contribution in [0.2, 0.25) is 0 Å². The second kappa shape index (κ2) is 7.02. The van der Waals surface area contributed by atoms with Crippen LogP contribution in [-0.4, -0.2) is 53.3 Å². The summed E-state index contributed by atoms with van der Waals surface area (Å²) >= 11 is 0. The van der Waals surface area contributed by atoms with Gasteiger partial charge in [-0.15, -0.1) is 0 Å². The molecule has 2 amide bonds. The maximum atomic E-state index is 12.8. The normalized spacial score (nSPS) is 18.3. The van der Waals surface area contributed by atoms with E-state index < -0.39 is 0 Å². The van der Waals surface area contributed by atoms with Crippen LogP contribution in [0.15, 0.2) is 48.8 Å². The maximum Gasteiger partial charge on any atom is 0.253 e. The molecule has 4 rings (SSSR count). The summed E-state index contributed by atoms with van der Waals surface area (Å²) < 4.78 is 5.17. The summed E-state index contributed by atoms with van der Waals surface area (Å²) in [5.74, 6) is 1.06. The monoisotopic (exact) mass is 365 g/mol. The Balaban J connectivity index is 1.33. The van der Waals surface area contributed by atoms with Gasteiger partial charge >= 0.3 is 0 Å². The fourth-order valence-corrected chi connectivity index (χ4v) is 4.01. The first-order valence-corrected chi connectivity index (χ1v) is 9.23. The third kappa shape index (κ3) is 3.27. The quantitative estimate of drug-likeness (QED) is 0.781. The molecule has 3 heterocycles. The molecule has 140 valence electrons. The molecule has 2 fully saturated rings. The van der Waals surface area contributed by atoms with Crippen LogP contribution < -0.4 is 4.74 Å². The summed E-state index contributed by atoms with van der Waals surface area (Å²) in [7, 11) is 1.64. The number of carbonyl (C=O) groups is 2. The molecule has 0 radical (unpaired) electrons. The van der Waals surface area contributed by atoms with Gasteiger partial charge in [-0.2, -0.15) is 0 Å². The molecule has 0 unspecified atom stereocenters. The highest BCUT2D eigenvalue weighted by Crippen LogP contribution is 2.42. The molecule has 2 aliphatic heterocycles. The van der Waals surface area contributed by atoms with Gasteiger partial charge in [-0.05, 0) is 42.7 Å². The zero-order valence-corrected chi connectivity index (χ0v) is 15.4. The lowest BCUT2D eigenvalue weighted by Crippen LogP contribution is -2.64. The predicted molar refractivity (Wildman–Crippen MR) is 100 cm³/mol. The number of rotatable bonds is 4. The van der Waals surface area contributed by atoms with Crippen molar-refractivity contribution in [3.8, 4) is 5.75 Å². The molecule has 0 N–H and O–H groups in total. The van der Waals surface area contributed by atoms with Crippen LogP contribution in [0.4, 0.5) is 0 Å². The first-order valence-electron chi connectivity index (χ1n) is 9.23. The Hall–Kier alpha value is -2.89. The standard InChI is InChI=1S/C21H23N3O3/c1-27-18-4-2-16(3-5-18)14-24-15-21(20(24)26)8-12-23(13-9-21)19(25)17-6-10-22-11-7-17/h2-7,10-11H,8-9,12-15H2,1H3. The number of hydrogen-bond acceptors (Lipinski definition) is 4. The average molecular weight is 365 g/mol. The van der Waals surface area contributed by atoms with E-state index in [0.29, 0.717) is 25.2 Å². The van der Waals surface area contributed by atoms with Crippen molar-refractivity contribution in [3.63, 3.8) is 0 Å². The van der Waals surface area contributed by atoms with E-state index in [2.05, 4.69) is 4.98 Å². The molecule has 1 aromatic carbocycles. The highest BCUT2D eigenvalue weighted by atomic mass is 16.5. The molecule has 1 spiro atoms. The van der Waals surface area contributed by atoms with Crippen LogP contribution in [0.5, 0.6) is 5.75 Å². The number of pyridine rings is 1. The van der Waals surface area contributed by atoms with E-state index >= 15 is 0 Å². The van der Waals surface area contributed by atoms with Crippen LogP contribution in [0.1, 0.15) is 28.8 Å². The second-order valence-corrected chi connectivity index (χ2v) is 7.32. The van der Waals surface area contributed by atoms with Crippen molar-refractivity contribution in [2.75, 3.05) is 26.7 Å². The summed E-state index contributed by atoms with van der Waals surface area (Å²) in [6.45, 7) is 2.66. The Morgan fingerprint density at radius 2 is 1.78 bits per heavy atom. The lowest BCUT2D eigenvalue weighted by molar-refractivity contribution is -0.165. The highest BCUT2D eigenvalue weighted by Gasteiger charge is 2.53. The second-order valence-electron chi connectivity index (χ2n) is 7.32. The molecule has 0 aliphatic carbocycles. The van der Waals surface area contributed by atoms with Crippen LogP contribution in [-0.2, 0) is 11.3 Å². The van der Waals surface area contributed by atoms with Crippen molar-refractivity contribution in [2.24, 2.45) is 5.41 Å².